The van der Waals surface area contributed by atoms with Gasteiger partial charge in [0.1, 0.15) is 12.6 Å². The molecule has 0 spiro atoms. The lowest BCUT2D eigenvalue weighted by Crippen LogP contribution is -2.44. The monoisotopic (exact) mass is 232 g/mol. The normalized spacial score (nSPS) is 11.2. The number of methoxy groups -OCH3 is 1. The van der Waals surface area contributed by atoms with Crippen LogP contribution < -0.4 is 10.6 Å². The highest BCUT2D eigenvalue weighted by atomic mass is 16.5. The molecular weight excluding hydrogens is 216 g/mol. The van der Waals surface area contributed by atoms with E-state index in [1.807, 2.05) is 0 Å². The summed E-state index contributed by atoms with van der Waals surface area (Å²) in [6.45, 7) is 3.11. The Hall–Kier alpha value is -1.79. The molecule has 0 aromatic heterocycles. The molecule has 92 valence electrons. The van der Waals surface area contributed by atoms with Crippen LogP contribution in [0.25, 0.3) is 0 Å². The number of rotatable bonds is 5. The van der Waals surface area contributed by atoms with Crippen molar-refractivity contribution >= 4 is 18.0 Å². The maximum atomic E-state index is 11.2. The molecule has 7 nitrogen and oxygen atoms in total. The third-order valence-electron chi connectivity index (χ3n) is 1.60. The van der Waals surface area contributed by atoms with E-state index in [0.29, 0.717) is 0 Å². The fourth-order valence-corrected chi connectivity index (χ4v) is 0.863. The van der Waals surface area contributed by atoms with Crippen molar-refractivity contribution in [1.29, 1.82) is 0 Å². The Labute approximate surface area is 93.5 Å². The molecule has 0 aliphatic carbocycles. The highest BCUT2D eigenvalue weighted by Crippen LogP contribution is 1.85. The van der Waals surface area contributed by atoms with Gasteiger partial charge in [0.05, 0.1) is 13.7 Å². The van der Waals surface area contributed by atoms with Crippen LogP contribution >= 0.6 is 0 Å². The fraction of sp³-hybridized carbons (Fsp3) is 0.667. The molecule has 0 saturated heterocycles. The lowest BCUT2D eigenvalue weighted by Gasteiger charge is -2.11. The molecule has 0 aromatic carbocycles. The summed E-state index contributed by atoms with van der Waals surface area (Å²) in [5.74, 6) is -1.05. The van der Waals surface area contributed by atoms with Crippen LogP contribution in [-0.2, 0) is 19.1 Å². The Morgan fingerprint density at radius 1 is 1.31 bits per heavy atom. The molecule has 0 aliphatic rings. The molecule has 0 bridgehead atoms. The van der Waals surface area contributed by atoms with Crippen LogP contribution in [0, 0.1) is 0 Å². The molecule has 2 N–H and O–H groups in total. The van der Waals surface area contributed by atoms with Crippen LogP contribution in [0.1, 0.15) is 13.8 Å². The van der Waals surface area contributed by atoms with Gasteiger partial charge in [-0.1, -0.05) is 0 Å². The molecule has 0 aromatic rings. The minimum atomic E-state index is -0.749. The smallest absolute Gasteiger partial charge is 0.407 e. The molecule has 0 rings (SSSR count). The molecule has 0 aliphatic heterocycles. The van der Waals surface area contributed by atoms with Gasteiger partial charge in [-0.15, -0.1) is 0 Å². The van der Waals surface area contributed by atoms with Crippen molar-refractivity contribution in [3.05, 3.63) is 0 Å². The Kier molecular flexibility index (Phi) is 6.66. The van der Waals surface area contributed by atoms with E-state index in [9.17, 15) is 14.4 Å². The second kappa shape index (κ2) is 7.49. The average Bonchev–Trinajstić information content (AvgIpc) is 2.25. The number of ether oxygens (including phenoxy) is 2. The van der Waals surface area contributed by atoms with E-state index in [1.165, 1.54) is 14.0 Å². The lowest BCUT2D eigenvalue weighted by molar-refractivity contribution is -0.144. The maximum Gasteiger partial charge on any atom is 0.407 e. The number of carbonyl (C=O) groups excluding carboxylic acids is 3. The number of alkyl carbamates (subject to hydrolysis) is 1. The summed E-state index contributed by atoms with van der Waals surface area (Å²) in [5.41, 5.74) is 0. The van der Waals surface area contributed by atoms with E-state index in [1.54, 1.807) is 6.92 Å². The van der Waals surface area contributed by atoms with E-state index < -0.39 is 24.0 Å². The second-order valence-electron chi connectivity index (χ2n) is 2.89. The highest BCUT2D eigenvalue weighted by molar-refractivity contribution is 5.86. The van der Waals surface area contributed by atoms with E-state index in [2.05, 4.69) is 20.1 Å². The minimum Gasteiger partial charge on any atom is -0.467 e. The Morgan fingerprint density at radius 3 is 2.44 bits per heavy atom. The summed E-state index contributed by atoms with van der Waals surface area (Å²) in [6.07, 6.45) is -0.677. The number of carbonyl (C=O) groups is 3. The molecule has 0 unspecified atom stereocenters. The van der Waals surface area contributed by atoms with Crippen LogP contribution in [0.3, 0.4) is 0 Å². The first-order chi connectivity index (χ1) is 7.51. The van der Waals surface area contributed by atoms with Crippen molar-refractivity contribution in [2.45, 2.75) is 19.9 Å². The quantitative estimate of drug-likeness (QED) is 0.618. The lowest BCUT2D eigenvalue weighted by atomic mass is 10.3. The van der Waals surface area contributed by atoms with Crippen molar-refractivity contribution in [2.75, 3.05) is 20.3 Å². The Bertz CT molecular complexity index is 267. The molecular formula is C9H16N2O5. The van der Waals surface area contributed by atoms with Crippen LogP contribution in [0.15, 0.2) is 0 Å². The zero-order valence-corrected chi connectivity index (χ0v) is 9.53. The third kappa shape index (κ3) is 5.84. The van der Waals surface area contributed by atoms with Crippen LogP contribution in [0.4, 0.5) is 4.79 Å². The maximum absolute atomic E-state index is 11.2. The molecule has 16 heavy (non-hydrogen) atoms. The molecule has 0 radical (unpaired) electrons. The summed E-state index contributed by atoms with van der Waals surface area (Å²) in [6, 6.07) is -0.749. The summed E-state index contributed by atoms with van der Waals surface area (Å²) in [4.78, 5) is 33.0. The summed E-state index contributed by atoms with van der Waals surface area (Å²) in [7, 11) is 1.22. The Balaban J connectivity index is 3.82. The molecule has 7 heteroatoms. The van der Waals surface area contributed by atoms with Crippen molar-refractivity contribution < 1.29 is 23.9 Å². The zero-order chi connectivity index (χ0) is 12.6. The van der Waals surface area contributed by atoms with Gasteiger partial charge in [-0.25, -0.2) is 9.59 Å². The van der Waals surface area contributed by atoms with Crippen molar-refractivity contribution in [3.63, 3.8) is 0 Å². The zero-order valence-electron chi connectivity index (χ0n) is 9.53. The second-order valence-corrected chi connectivity index (χ2v) is 2.89. The van der Waals surface area contributed by atoms with Gasteiger partial charge in [0.2, 0.25) is 5.91 Å². The van der Waals surface area contributed by atoms with Gasteiger partial charge in [-0.3, -0.25) is 4.79 Å². The number of hydrogen-bond donors (Lipinski definition) is 2. The van der Waals surface area contributed by atoms with Gasteiger partial charge >= 0.3 is 12.1 Å². The largest absolute Gasteiger partial charge is 0.467 e. The van der Waals surface area contributed by atoms with Gasteiger partial charge in [0, 0.05) is 0 Å². The molecule has 2 amide bonds. The van der Waals surface area contributed by atoms with Crippen molar-refractivity contribution in [1.82, 2.24) is 10.6 Å². The van der Waals surface area contributed by atoms with Crippen LogP contribution in [-0.4, -0.2) is 44.3 Å². The average molecular weight is 232 g/mol. The number of esters is 1. The van der Waals surface area contributed by atoms with Gasteiger partial charge in [0.15, 0.2) is 0 Å². The summed E-state index contributed by atoms with van der Waals surface area (Å²) < 4.78 is 8.96. The fourth-order valence-electron chi connectivity index (χ4n) is 0.863. The number of hydrogen-bond acceptors (Lipinski definition) is 5. The first kappa shape index (κ1) is 14.2. The summed E-state index contributed by atoms with van der Waals surface area (Å²) >= 11 is 0. The standard InChI is InChI=1S/C9H16N2O5/c1-4-16-9(14)10-5-7(12)11-6(2)8(13)15-3/h6H,4-5H2,1-3H3,(H,10,14)(H,11,12)/t6-/m0/s1. The Morgan fingerprint density at radius 2 is 1.94 bits per heavy atom. The van der Waals surface area contributed by atoms with E-state index in [4.69, 9.17) is 0 Å². The predicted octanol–water partition coefficient (Wildman–Crippen LogP) is -0.590. The predicted molar refractivity (Wildman–Crippen MR) is 54.6 cm³/mol. The van der Waals surface area contributed by atoms with Crippen LogP contribution in [0.5, 0.6) is 0 Å². The topological polar surface area (TPSA) is 93.7 Å². The first-order valence-electron chi connectivity index (χ1n) is 4.79. The third-order valence-corrected chi connectivity index (χ3v) is 1.60. The van der Waals surface area contributed by atoms with E-state index in [0.717, 1.165) is 0 Å². The molecule has 1 atom stereocenters. The van der Waals surface area contributed by atoms with Crippen molar-refractivity contribution in [3.8, 4) is 0 Å². The van der Waals surface area contributed by atoms with E-state index >= 15 is 0 Å². The molecule has 0 heterocycles. The summed E-state index contributed by atoms with van der Waals surface area (Å²) in [5, 5.41) is 4.56. The van der Waals surface area contributed by atoms with Gasteiger partial charge in [-0.05, 0) is 13.8 Å². The van der Waals surface area contributed by atoms with Gasteiger partial charge in [-0.2, -0.15) is 0 Å². The van der Waals surface area contributed by atoms with Gasteiger partial charge in [0.25, 0.3) is 0 Å². The number of amides is 2. The molecule has 0 fully saturated rings. The number of nitrogens with one attached hydrogen (secondary N) is 2. The highest BCUT2D eigenvalue weighted by Gasteiger charge is 2.15. The van der Waals surface area contributed by atoms with Crippen LogP contribution in [0.2, 0.25) is 0 Å². The minimum absolute atomic E-state index is 0.228. The van der Waals surface area contributed by atoms with E-state index in [-0.39, 0.29) is 13.2 Å². The first-order valence-corrected chi connectivity index (χ1v) is 4.79. The van der Waals surface area contributed by atoms with Gasteiger partial charge < -0.3 is 20.1 Å². The SMILES string of the molecule is CCOC(=O)NCC(=O)N[C@@H](C)C(=O)OC. The molecule has 0 saturated carbocycles. The van der Waals surface area contributed by atoms with Crippen molar-refractivity contribution in [2.24, 2.45) is 0 Å².